The summed E-state index contributed by atoms with van der Waals surface area (Å²) >= 11 is 0. The van der Waals surface area contributed by atoms with Gasteiger partial charge in [-0.15, -0.1) is 0 Å². The molecule has 0 radical (unpaired) electrons. The van der Waals surface area contributed by atoms with Crippen LogP contribution in [-0.4, -0.2) is 38.9 Å². The zero-order valence-electron chi connectivity index (χ0n) is 11.0. The fraction of sp³-hybridized carbons (Fsp3) is 0.500. The minimum Gasteiger partial charge on any atom is -0.363 e. The van der Waals surface area contributed by atoms with Crippen LogP contribution in [-0.2, 0) is 6.54 Å². The summed E-state index contributed by atoms with van der Waals surface area (Å²) in [6.07, 6.45) is 2.04. The molecule has 2 aromatic rings. The molecule has 1 saturated carbocycles. The summed E-state index contributed by atoms with van der Waals surface area (Å²) in [5.74, 6) is 0.861. The van der Waals surface area contributed by atoms with E-state index in [0.717, 1.165) is 24.4 Å². The second kappa shape index (κ2) is 4.49. The number of tetrazole rings is 1. The van der Waals surface area contributed by atoms with Gasteiger partial charge >= 0.3 is 5.69 Å². The van der Waals surface area contributed by atoms with E-state index in [1.165, 1.54) is 9.36 Å². The Labute approximate surface area is 110 Å². The molecule has 1 aliphatic rings. The third kappa shape index (κ3) is 2.35. The van der Waals surface area contributed by atoms with E-state index in [9.17, 15) is 4.79 Å². The average molecular weight is 260 g/mol. The monoisotopic (exact) mass is 260 g/mol. The molecule has 0 saturated heterocycles. The van der Waals surface area contributed by atoms with Gasteiger partial charge in [-0.2, -0.15) is 9.36 Å². The summed E-state index contributed by atoms with van der Waals surface area (Å²) in [4.78, 5) is 18.4. The van der Waals surface area contributed by atoms with E-state index in [0.29, 0.717) is 6.54 Å². The van der Waals surface area contributed by atoms with Crippen LogP contribution in [0, 0.1) is 0 Å². The van der Waals surface area contributed by atoms with Crippen LogP contribution >= 0.6 is 0 Å². The Morgan fingerprint density at radius 1 is 1.32 bits per heavy atom. The SMILES string of the molecule is CN(C)c1cccc(Cn2nnn(C3CC3)c2=O)n1. The van der Waals surface area contributed by atoms with Crippen LogP contribution in [0.15, 0.2) is 23.0 Å². The van der Waals surface area contributed by atoms with Gasteiger partial charge in [-0.1, -0.05) is 6.07 Å². The van der Waals surface area contributed by atoms with Crippen LogP contribution in [0.25, 0.3) is 0 Å². The molecule has 3 rings (SSSR count). The van der Waals surface area contributed by atoms with Gasteiger partial charge in [0.1, 0.15) is 5.82 Å². The zero-order chi connectivity index (χ0) is 13.4. The van der Waals surface area contributed by atoms with Crippen LogP contribution in [0.5, 0.6) is 0 Å². The summed E-state index contributed by atoms with van der Waals surface area (Å²) in [6.45, 7) is 0.354. The van der Waals surface area contributed by atoms with Gasteiger partial charge in [0.15, 0.2) is 0 Å². The molecule has 1 fully saturated rings. The number of aromatic nitrogens is 5. The third-order valence-corrected chi connectivity index (χ3v) is 3.12. The van der Waals surface area contributed by atoms with E-state index in [1.807, 2.05) is 37.2 Å². The van der Waals surface area contributed by atoms with Crippen molar-refractivity contribution in [2.45, 2.75) is 25.4 Å². The highest BCUT2D eigenvalue weighted by Crippen LogP contribution is 2.32. The number of anilines is 1. The van der Waals surface area contributed by atoms with E-state index < -0.39 is 0 Å². The van der Waals surface area contributed by atoms with Gasteiger partial charge in [0, 0.05) is 14.1 Å². The Hall–Kier alpha value is -2.18. The van der Waals surface area contributed by atoms with Crippen LogP contribution in [0.3, 0.4) is 0 Å². The Morgan fingerprint density at radius 3 is 2.79 bits per heavy atom. The molecule has 0 aromatic carbocycles. The van der Waals surface area contributed by atoms with Crippen LogP contribution in [0.2, 0.25) is 0 Å². The van der Waals surface area contributed by atoms with Crippen molar-refractivity contribution in [1.82, 2.24) is 24.8 Å². The molecule has 0 spiro atoms. The van der Waals surface area contributed by atoms with E-state index in [1.54, 1.807) is 0 Å². The Morgan fingerprint density at radius 2 is 2.11 bits per heavy atom. The van der Waals surface area contributed by atoms with Crippen molar-refractivity contribution in [2.75, 3.05) is 19.0 Å². The largest absolute Gasteiger partial charge is 0.364 e. The number of hydrogen-bond donors (Lipinski definition) is 0. The molecule has 0 atom stereocenters. The first kappa shape index (κ1) is 11.9. The second-order valence-electron chi connectivity index (χ2n) is 4.98. The van der Waals surface area contributed by atoms with Gasteiger partial charge in [0.25, 0.3) is 0 Å². The van der Waals surface area contributed by atoms with Gasteiger partial charge in [-0.25, -0.2) is 9.78 Å². The van der Waals surface area contributed by atoms with E-state index in [2.05, 4.69) is 15.4 Å². The second-order valence-corrected chi connectivity index (χ2v) is 4.98. The standard InChI is InChI=1S/C12H16N6O/c1-16(2)11-5-3-4-9(13-11)8-17-12(19)18(15-14-17)10-6-7-10/h3-5,10H,6-8H2,1-2H3. The maximum absolute atomic E-state index is 12.0. The van der Waals surface area contributed by atoms with Crippen molar-refractivity contribution >= 4 is 5.82 Å². The van der Waals surface area contributed by atoms with E-state index in [4.69, 9.17) is 0 Å². The molecular weight excluding hydrogens is 244 g/mol. The van der Waals surface area contributed by atoms with Crippen LogP contribution in [0.4, 0.5) is 5.82 Å². The maximum Gasteiger partial charge on any atom is 0.364 e. The van der Waals surface area contributed by atoms with Gasteiger partial charge in [0.2, 0.25) is 0 Å². The van der Waals surface area contributed by atoms with E-state index >= 15 is 0 Å². The Balaban J connectivity index is 1.85. The fourth-order valence-electron chi connectivity index (χ4n) is 1.89. The maximum atomic E-state index is 12.0. The molecule has 19 heavy (non-hydrogen) atoms. The lowest BCUT2D eigenvalue weighted by Gasteiger charge is -2.11. The molecule has 7 nitrogen and oxygen atoms in total. The fourth-order valence-corrected chi connectivity index (χ4v) is 1.89. The summed E-state index contributed by atoms with van der Waals surface area (Å²) < 4.78 is 2.83. The van der Waals surface area contributed by atoms with Crippen LogP contribution < -0.4 is 10.6 Å². The molecule has 2 heterocycles. The highest BCUT2D eigenvalue weighted by molar-refractivity contribution is 5.36. The predicted molar refractivity (Wildman–Crippen MR) is 70.2 cm³/mol. The van der Waals surface area contributed by atoms with Crippen molar-refractivity contribution in [3.05, 3.63) is 34.4 Å². The van der Waals surface area contributed by atoms with Crippen LogP contribution in [0.1, 0.15) is 24.6 Å². The minimum atomic E-state index is -0.153. The van der Waals surface area contributed by atoms with E-state index in [-0.39, 0.29) is 11.7 Å². The lowest BCUT2D eigenvalue weighted by molar-refractivity contribution is 0.593. The molecule has 7 heteroatoms. The Kier molecular flexibility index (Phi) is 2.81. The van der Waals surface area contributed by atoms with Crippen molar-refractivity contribution < 1.29 is 0 Å². The summed E-state index contributed by atoms with van der Waals surface area (Å²) in [5.41, 5.74) is 0.649. The van der Waals surface area contributed by atoms with Crippen molar-refractivity contribution in [3.8, 4) is 0 Å². The summed E-state index contributed by atoms with van der Waals surface area (Å²) in [7, 11) is 3.86. The summed E-state index contributed by atoms with van der Waals surface area (Å²) in [5, 5.41) is 7.82. The first-order chi connectivity index (χ1) is 9.15. The van der Waals surface area contributed by atoms with Crippen molar-refractivity contribution in [1.29, 1.82) is 0 Å². The number of pyridine rings is 1. The first-order valence-electron chi connectivity index (χ1n) is 6.31. The topological polar surface area (TPSA) is 68.8 Å². The molecule has 1 aliphatic carbocycles. The van der Waals surface area contributed by atoms with Gasteiger partial charge in [-0.05, 0) is 35.4 Å². The predicted octanol–water partition coefficient (Wildman–Crippen LogP) is 0.284. The van der Waals surface area contributed by atoms with Crippen molar-refractivity contribution in [3.63, 3.8) is 0 Å². The van der Waals surface area contributed by atoms with Gasteiger partial charge < -0.3 is 4.90 Å². The highest BCUT2D eigenvalue weighted by Gasteiger charge is 2.27. The average Bonchev–Trinajstić information content (AvgIpc) is 3.17. The normalized spacial score (nSPS) is 14.6. The number of rotatable bonds is 4. The quantitative estimate of drug-likeness (QED) is 0.790. The van der Waals surface area contributed by atoms with Crippen molar-refractivity contribution in [2.24, 2.45) is 0 Å². The summed E-state index contributed by atoms with van der Waals surface area (Å²) in [6, 6.07) is 5.99. The van der Waals surface area contributed by atoms with Gasteiger partial charge in [0.05, 0.1) is 18.3 Å². The number of nitrogens with zero attached hydrogens (tertiary/aromatic N) is 6. The molecule has 0 bridgehead atoms. The molecule has 2 aromatic heterocycles. The van der Waals surface area contributed by atoms with Gasteiger partial charge in [-0.3, -0.25) is 0 Å². The molecule has 0 unspecified atom stereocenters. The minimum absolute atomic E-state index is 0.153. The molecule has 0 N–H and O–H groups in total. The lowest BCUT2D eigenvalue weighted by Crippen LogP contribution is -2.25. The zero-order valence-corrected chi connectivity index (χ0v) is 11.0. The molecule has 0 aliphatic heterocycles. The highest BCUT2D eigenvalue weighted by atomic mass is 16.2. The molecule has 100 valence electrons. The molecular formula is C12H16N6O. The first-order valence-corrected chi connectivity index (χ1v) is 6.31. The molecule has 0 amide bonds. The number of hydrogen-bond acceptors (Lipinski definition) is 5. The third-order valence-electron chi connectivity index (χ3n) is 3.12. The lowest BCUT2D eigenvalue weighted by atomic mass is 10.3. The Bertz CT molecular complexity index is 640. The smallest absolute Gasteiger partial charge is 0.363 e.